The zero-order chi connectivity index (χ0) is 38.2. The molecular weight excluding hydrogens is 705 g/mol. The Labute approximate surface area is 334 Å². The molecule has 0 N–H and O–H groups in total. The number of rotatable bonds is 5. The SMILES string of the molecule is c1ccc(-c2cccc(-c3cc(-c4cccc(-c5ccccc5)c4)nc(-n4c5ccccc5c5cc6c7ccccc7n7c8ccccc8nc7c6cc54)c3)c2)cc1. The molecule has 0 aliphatic rings. The summed E-state index contributed by atoms with van der Waals surface area (Å²) < 4.78 is 4.68. The van der Waals surface area contributed by atoms with Crippen molar-refractivity contribution in [2.45, 2.75) is 0 Å². The molecule has 58 heavy (non-hydrogen) atoms. The van der Waals surface area contributed by atoms with Gasteiger partial charge < -0.3 is 0 Å². The summed E-state index contributed by atoms with van der Waals surface area (Å²) in [5.41, 5.74) is 15.3. The second kappa shape index (κ2) is 12.9. The second-order valence-corrected chi connectivity index (χ2v) is 15.0. The molecule has 0 unspecified atom stereocenters. The van der Waals surface area contributed by atoms with E-state index in [0.717, 1.165) is 72.4 Å². The molecule has 270 valence electrons. The largest absolute Gasteiger partial charge is 0.294 e. The molecule has 4 heterocycles. The fraction of sp³-hybridized carbons (Fsp3) is 0. The first-order chi connectivity index (χ1) is 28.7. The Morgan fingerprint density at radius 3 is 1.57 bits per heavy atom. The third-order valence-corrected chi connectivity index (χ3v) is 11.7. The Morgan fingerprint density at radius 2 is 0.845 bits per heavy atom. The third kappa shape index (κ3) is 5.09. The maximum Gasteiger partial charge on any atom is 0.146 e. The summed E-state index contributed by atoms with van der Waals surface area (Å²) in [6.45, 7) is 0. The highest BCUT2D eigenvalue weighted by Crippen LogP contribution is 2.41. The maximum atomic E-state index is 5.56. The lowest BCUT2D eigenvalue weighted by Crippen LogP contribution is -2.00. The number of hydrogen-bond acceptors (Lipinski definition) is 2. The minimum absolute atomic E-state index is 0.860. The van der Waals surface area contributed by atoms with Gasteiger partial charge in [0.25, 0.3) is 0 Å². The molecule has 0 saturated carbocycles. The van der Waals surface area contributed by atoms with Crippen LogP contribution in [0.4, 0.5) is 0 Å². The van der Waals surface area contributed by atoms with Gasteiger partial charge in [0.15, 0.2) is 0 Å². The number of fused-ring (bicyclic) bond motifs is 11. The zero-order valence-electron chi connectivity index (χ0n) is 31.4. The molecule has 12 aromatic rings. The summed E-state index contributed by atoms with van der Waals surface area (Å²) in [4.78, 5) is 10.8. The Morgan fingerprint density at radius 1 is 0.293 bits per heavy atom. The Bertz CT molecular complexity index is 3460. The van der Waals surface area contributed by atoms with Crippen molar-refractivity contribution in [2.75, 3.05) is 0 Å². The van der Waals surface area contributed by atoms with Crippen LogP contribution < -0.4 is 0 Å². The maximum absolute atomic E-state index is 5.56. The van der Waals surface area contributed by atoms with Crippen molar-refractivity contribution in [1.82, 2.24) is 18.9 Å². The number of imidazole rings is 1. The molecule has 0 spiro atoms. The topological polar surface area (TPSA) is 35.1 Å². The van der Waals surface area contributed by atoms with Crippen molar-refractivity contribution in [3.05, 3.63) is 206 Å². The third-order valence-electron chi connectivity index (χ3n) is 11.7. The molecule has 4 aromatic heterocycles. The van der Waals surface area contributed by atoms with Gasteiger partial charge in [0.05, 0.1) is 33.3 Å². The van der Waals surface area contributed by atoms with Crippen molar-refractivity contribution in [3.63, 3.8) is 0 Å². The average molecular weight is 739 g/mol. The van der Waals surface area contributed by atoms with Crippen molar-refractivity contribution in [3.8, 4) is 50.5 Å². The summed E-state index contributed by atoms with van der Waals surface area (Å²) >= 11 is 0. The van der Waals surface area contributed by atoms with Gasteiger partial charge in [0.1, 0.15) is 11.5 Å². The Hall–Kier alpha value is -7.82. The molecular formula is C54H34N4. The van der Waals surface area contributed by atoms with E-state index in [9.17, 15) is 0 Å². The van der Waals surface area contributed by atoms with Crippen LogP contribution in [0.1, 0.15) is 0 Å². The normalized spacial score (nSPS) is 11.8. The fourth-order valence-corrected chi connectivity index (χ4v) is 8.96. The van der Waals surface area contributed by atoms with E-state index in [4.69, 9.17) is 9.97 Å². The van der Waals surface area contributed by atoms with Crippen LogP contribution in [0.25, 0.3) is 111 Å². The number of pyridine rings is 2. The Balaban J connectivity index is 1.16. The lowest BCUT2D eigenvalue weighted by molar-refractivity contribution is 1.09. The number of nitrogens with zero attached hydrogens (tertiary/aromatic N) is 4. The average Bonchev–Trinajstić information content (AvgIpc) is 3.85. The van der Waals surface area contributed by atoms with Crippen molar-refractivity contribution < 1.29 is 0 Å². The van der Waals surface area contributed by atoms with Gasteiger partial charge in [-0.15, -0.1) is 0 Å². The minimum Gasteiger partial charge on any atom is -0.294 e. The summed E-state index contributed by atoms with van der Waals surface area (Å²) in [5.74, 6) is 0.860. The number of benzene rings is 8. The number of hydrogen-bond donors (Lipinski definition) is 0. The molecule has 0 bridgehead atoms. The van der Waals surface area contributed by atoms with Crippen molar-refractivity contribution >= 4 is 60.2 Å². The molecule has 0 aliphatic carbocycles. The van der Waals surface area contributed by atoms with Crippen LogP contribution in [-0.4, -0.2) is 18.9 Å². The molecule has 0 amide bonds. The van der Waals surface area contributed by atoms with E-state index in [-0.39, 0.29) is 0 Å². The molecule has 0 radical (unpaired) electrons. The first kappa shape index (κ1) is 32.4. The molecule has 4 heteroatoms. The van der Waals surface area contributed by atoms with E-state index in [1.54, 1.807) is 0 Å². The molecule has 0 fully saturated rings. The first-order valence-electron chi connectivity index (χ1n) is 19.7. The second-order valence-electron chi connectivity index (χ2n) is 15.0. The van der Waals surface area contributed by atoms with Crippen molar-refractivity contribution in [2.24, 2.45) is 0 Å². The lowest BCUT2D eigenvalue weighted by Gasteiger charge is -2.15. The van der Waals surface area contributed by atoms with Crippen LogP contribution in [0.3, 0.4) is 0 Å². The van der Waals surface area contributed by atoms with E-state index >= 15 is 0 Å². The van der Waals surface area contributed by atoms with E-state index in [2.05, 4.69) is 215 Å². The highest BCUT2D eigenvalue weighted by atomic mass is 15.1. The van der Waals surface area contributed by atoms with E-state index in [1.165, 1.54) is 38.2 Å². The van der Waals surface area contributed by atoms with Crippen LogP contribution >= 0.6 is 0 Å². The molecule has 0 saturated heterocycles. The number of aromatic nitrogens is 4. The summed E-state index contributed by atoms with van der Waals surface area (Å²) in [6, 6.07) is 73.8. The molecule has 4 nitrogen and oxygen atoms in total. The van der Waals surface area contributed by atoms with Gasteiger partial charge in [0, 0.05) is 27.1 Å². The quantitative estimate of drug-likeness (QED) is 0.165. The van der Waals surface area contributed by atoms with Gasteiger partial charge in [0.2, 0.25) is 0 Å². The monoisotopic (exact) mass is 738 g/mol. The van der Waals surface area contributed by atoms with Gasteiger partial charge in [-0.2, -0.15) is 0 Å². The smallest absolute Gasteiger partial charge is 0.146 e. The standard InChI is InChI=1S/C54H34N4/c1-3-15-35(16-4-1)37-19-13-21-39(29-37)41-31-48(40-22-14-20-38(30-40)36-17-5-2-6-18-36)55-53(32-41)57-49-26-10-8-24-43(49)45-33-44-42-23-7-11-27-50(42)58-51-28-12-9-25-47(51)56-54(58)46(44)34-52(45)57/h1-34H. The van der Waals surface area contributed by atoms with Crippen LogP contribution in [0.5, 0.6) is 0 Å². The van der Waals surface area contributed by atoms with Gasteiger partial charge in [-0.3, -0.25) is 8.97 Å². The number of para-hydroxylation sites is 4. The minimum atomic E-state index is 0.860. The molecule has 0 aliphatic heterocycles. The predicted molar refractivity (Wildman–Crippen MR) is 242 cm³/mol. The van der Waals surface area contributed by atoms with Crippen LogP contribution in [0.15, 0.2) is 206 Å². The van der Waals surface area contributed by atoms with Gasteiger partial charge in [-0.1, -0.05) is 146 Å². The van der Waals surface area contributed by atoms with E-state index in [0.29, 0.717) is 0 Å². The van der Waals surface area contributed by atoms with Gasteiger partial charge in [-0.05, 0) is 99.4 Å². The van der Waals surface area contributed by atoms with Gasteiger partial charge >= 0.3 is 0 Å². The summed E-state index contributed by atoms with van der Waals surface area (Å²) in [6.07, 6.45) is 0. The van der Waals surface area contributed by atoms with Crippen LogP contribution in [0.2, 0.25) is 0 Å². The highest BCUT2D eigenvalue weighted by molar-refractivity contribution is 6.21. The van der Waals surface area contributed by atoms with E-state index in [1.807, 2.05) is 0 Å². The Kier molecular flexibility index (Phi) is 7.20. The lowest BCUT2D eigenvalue weighted by atomic mass is 9.97. The zero-order valence-corrected chi connectivity index (χ0v) is 31.4. The summed E-state index contributed by atoms with van der Waals surface area (Å²) in [7, 11) is 0. The molecule has 12 rings (SSSR count). The first-order valence-corrected chi connectivity index (χ1v) is 19.7. The fourth-order valence-electron chi connectivity index (χ4n) is 8.96. The predicted octanol–water partition coefficient (Wildman–Crippen LogP) is 14.0. The molecule has 0 atom stereocenters. The van der Waals surface area contributed by atoms with E-state index < -0.39 is 0 Å². The van der Waals surface area contributed by atoms with Crippen LogP contribution in [0, 0.1) is 0 Å². The molecule has 8 aromatic carbocycles. The highest BCUT2D eigenvalue weighted by Gasteiger charge is 2.20. The summed E-state index contributed by atoms with van der Waals surface area (Å²) in [5, 5.41) is 5.86. The van der Waals surface area contributed by atoms with Crippen LogP contribution in [-0.2, 0) is 0 Å². The van der Waals surface area contributed by atoms with Gasteiger partial charge in [-0.25, -0.2) is 9.97 Å². The van der Waals surface area contributed by atoms with Crippen molar-refractivity contribution in [1.29, 1.82) is 0 Å².